The Labute approximate surface area is 139 Å². The van der Waals surface area contributed by atoms with E-state index in [4.69, 9.17) is 9.68 Å². The molecule has 0 radical (unpaired) electrons. The molecule has 0 aromatic heterocycles. The number of rotatable bonds is 4. The van der Waals surface area contributed by atoms with Gasteiger partial charge < -0.3 is 5.11 Å². The van der Waals surface area contributed by atoms with Gasteiger partial charge in [0.25, 0.3) is 5.71 Å². The van der Waals surface area contributed by atoms with Crippen molar-refractivity contribution in [3.63, 3.8) is 0 Å². The van der Waals surface area contributed by atoms with Crippen molar-refractivity contribution >= 4 is 48.9 Å². The Kier molecular flexibility index (Phi) is 5.58. The highest BCUT2D eigenvalue weighted by Crippen LogP contribution is 2.33. The lowest BCUT2D eigenvalue weighted by atomic mass is 10.1. The van der Waals surface area contributed by atoms with E-state index in [1.807, 2.05) is 24.3 Å². The summed E-state index contributed by atoms with van der Waals surface area (Å²) in [6, 6.07) is 3.81. The molecule has 1 aromatic carbocycles. The number of nitrogens with two attached hydrogens (primary N) is 1. The number of halogens is 2. The Balaban J connectivity index is 2.62. The number of aliphatic hydroxyl groups excluding tert-OH is 1. The summed E-state index contributed by atoms with van der Waals surface area (Å²) in [4.78, 5) is 10.6. The zero-order valence-electron chi connectivity index (χ0n) is 11.6. The van der Waals surface area contributed by atoms with Gasteiger partial charge in [0.05, 0.1) is 13.5 Å². The summed E-state index contributed by atoms with van der Waals surface area (Å²) in [5, 5.41) is 10.1. The van der Waals surface area contributed by atoms with Crippen LogP contribution in [-0.4, -0.2) is 29.8 Å². The second-order valence-corrected chi connectivity index (χ2v) is 6.00. The van der Waals surface area contributed by atoms with Crippen LogP contribution in [0.2, 0.25) is 0 Å². The maximum absolute atomic E-state index is 10.1. The predicted octanol–water partition coefficient (Wildman–Crippen LogP) is 3.02. The van der Waals surface area contributed by atoms with E-state index in [9.17, 15) is 5.11 Å². The zero-order valence-corrected chi connectivity index (χ0v) is 14.8. The Morgan fingerprint density at radius 3 is 2.57 bits per heavy atom. The lowest BCUT2D eigenvalue weighted by Gasteiger charge is -2.09. The lowest BCUT2D eigenvalue weighted by molar-refractivity contribution is -0.835. The smallest absolute Gasteiger partial charge is 0.322 e. The summed E-state index contributed by atoms with van der Waals surface area (Å²) in [6.45, 7) is 0. The molecule has 0 bridgehead atoms. The molecule has 0 saturated carbocycles. The molecule has 3 N–H and O–H groups in total. The number of hydrogen-bond donors (Lipinski definition) is 2. The van der Waals surface area contributed by atoms with Gasteiger partial charge in [-0.1, -0.05) is 12.2 Å². The van der Waals surface area contributed by atoms with E-state index in [-0.39, 0.29) is 5.76 Å². The molecular weight excluding hydrogens is 404 g/mol. The van der Waals surface area contributed by atoms with Gasteiger partial charge in [0.1, 0.15) is 7.11 Å². The monoisotopic (exact) mass is 418 g/mol. The van der Waals surface area contributed by atoms with Gasteiger partial charge in [-0.15, -0.1) is 0 Å². The summed E-state index contributed by atoms with van der Waals surface area (Å²) in [5.74, 6) is 0.182. The Morgan fingerprint density at radius 2 is 1.95 bits per heavy atom. The molecule has 0 heterocycles. The van der Waals surface area contributed by atoms with Gasteiger partial charge >= 0.3 is 5.69 Å². The van der Waals surface area contributed by atoms with Gasteiger partial charge in [-0.25, -0.2) is 4.84 Å². The van der Waals surface area contributed by atoms with Crippen molar-refractivity contribution < 1.29 is 25.0 Å². The lowest BCUT2D eigenvalue weighted by Crippen LogP contribution is -2.76. The molecule has 0 atom stereocenters. The number of aliphatic hydroxyl groups is 1. The van der Waals surface area contributed by atoms with Crippen molar-refractivity contribution in [1.82, 2.24) is 0 Å². The zero-order chi connectivity index (χ0) is 15.4. The predicted molar refractivity (Wildman–Crippen MR) is 86.8 cm³/mol. The summed E-state index contributed by atoms with van der Waals surface area (Å²) in [7, 11) is 3.15. The molecule has 0 aliphatic heterocycles. The standard InChI is InChI=1S/C14H14Br2N2O3/c1-20-17-11-7-9(15)10(16)8-13(11)18(21-2)12-5-3-4-6-14(12)19/h3-4,6-8,17H,5H2,1-2H3/p+2/b18-12-. The average molecular weight is 420 g/mol. The largest absolute Gasteiger partial charge is 0.502 e. The summed E-state index contributed by atoms with van der Waals surface area (Å²) in [6.07, 6.45) is 5.98. The molecule has 112 valence electrons. The maximum atomic E-state index is 10.1. The summed E-state index contributed by atoms with van der Waals surface area (Å²) in [5.41, 5.74) is 3.88. The van der Waals surface area contributed by atoms with Crippen LogP contribution in [-0.2, 0) is 9.68 Å². The van der Waals surface area contributed by atoms with Crippen molar-refractivity contribution in [3.8, 4) is 0 Å². The van der Waals surface area contributed by atoms with Crippen LogP contribution < -0.4 is 5.48 Å². The number of hydrogen-bond acceptors (Lipinski definition) is 3. The van der Waals surface area contributed by atoms with E-state index in [2.05, 4.69) is 31.9 Å². The molecule has 7 heteroatoms. The second-order valence-electron chi connectivity index (χ2n) is 4.29. The van der Waals surface area contributed by atoms with E-state index < -0.39 is 0 Å². The summed E-state index contributed by atoms with van der Waals surface area (Å²) < 4.78 is 3.37. The Hall–Kier alpha value is -1.15. The molecule has 0 spiro atoms. The number of nitrogens with zero attached hydrogens (tertiary/aromatic N) is 1. The van der Waals surface area contributed by atoms with Crippen molar-refractivity contribution in [3.05, 3.63) is 45.1 Å². The van der Waals surface area contributed by atoms with Crippen molar-refractivity contribution in [2.45, 2.75) is 6.42 Å². The van der Waals surface area contributed by atoms with Gasteiger partial charge in [-0.05, 0) is 37.9 Å². The van der Waals surface area contributed by atoms with Crippen molar-refractivity contribution in [1.29, 1.82) is 0 Å². The van der Waals surface area contributed by atoms with Crippen LogP contribution in [0, 0.1) is 0 Å². The average Bonchev–Trinajstić information content (AvgIpc) is 2.47. The first-order valence-corrected chi connectivity index (χ1v) is 7.78. The fourth-order valence-corrected chi connectivity index (χ4v) is 2.72. The van der Waals surface area contributed by atoms with Crippen LogP contribution in [0.25, 0.3) is 0 Å². The third-order valence-corrected chi connectivity index (χ3v) is 4.80. The second kappa shape index (κ2) is 7.22. The van der Waals surface area contributed by atoms with Crippen LogP contribution in [0.4, 0.5) is 11.4 Å². The van der Waals surface area contributed by atoms with Gasteiger partial charge in [0, 0.05) is 25.8 Å². The molecule has 1 aliphatic rings. The van der Waals surface area contributed by atoms with E-state index in [1.54, 1.807) is 30.5 Å². The van der Waals surface area contributed by atoms with Crippen LogP contribution >= 0.6 is 31.9 Å². The molecule has 0 fully saturated rings. The topological polar surface area (TPSA) is 58.3 Å². The Morgan fingerprint density at radius 1 is 1.24 bits per heavy atom. The van der Waals surface area contributed by atoms with Crippen LogP contribution in [0.15, 0.2) is 45.1 Å². The number of quaternary nitrogens is 1. The Bertz CT molecular complexity index is 639. The SMILES string of the molecule is CO[NH2+]c1cc(Br)c(Br)cc1/[N+](OC)=C1\CC=CC=C1O. The molecular formula is C14H16Br2N2O3+2. The molecule has 21 heavy (non-hydrogen) atoms. The maximum Gasteiger partial charge on any atom is 0.322 e. The molecule has 0 saturated heterocycles. The molecule has 5 nitrogen and oxygen atoms in total. The van der Waals surface area contributed by atoms with E-state index in [0.717, 1.165) is 20.3 Å². The van der Waals surface area contributed by atoms with Crippen LogP contribution in [0.1, 0.15) is 6.42 Å². The molecule has 0 amide bonds. The summed E-state index contributed by atoms with van der Waals surface area (Å²) >= 11 is 6.95. The minimum atomic E-state index is 0.182. The first-order valence-electron chi connectivity index (χ1n) is 6.19. The number of benzene rings is 1. The minimum absolute atomic E-state index is 0.182. The highest BCUT2D eigenvalue weighted by atomic mass is 79.9. The molecule has 2 rings (SSSR count). The van der Waals surface area contributed by atoms with Gasteiger partial charge in [0.2, 0.25) is 5.69 Å². The van der Waals surface area contributed by atoms with Crippen molar-refractivity contribution in [2.24, 2.45) is 0 Å². The first kappa shape index (κ1) is 16.2. The first-order chi connectivity index (χ1) is 10.1. The quantitative estimate of drug-likeness (QED) is 0.448. The van der Waals surface area contributed by atoms with E-state index in [1.165, 1.54) is 0 Å². The third-order valence-electron chi connectivity index (χ3n) is 2.96. The van der Waals surface area contributed by atoms with Gasteiger partial charge in [0.15, 0.2) is 5.76 Å². The fraction of sp³-hybridized carbons (Fsp3) is 0.214. The van der Waals surface area contributed by atoms with Gasteiger partial charge in [-0.3, -0.25) is 4.84 Å². The highest BCUT2D eigenvalue weighted by Gasteiger charge is 2.29. The van der Waals surface area contributed by atoms with Crippen LogP contribution in [0.3, 0.4) is 0 Å². The molecule has 1 aliphatic carbocycles. The third kappa shape index (κ3) is 3.55. The normalized spacial score (nSPS) is 16.7. The van der Waals surface area contributed by atoms with Gasteiger partial charge in [-0.2, -0.15) is 5.48 Å². The van der Waals surface area contributed by atoms with E-state index in [0.29, 0.717) is 12.1 Å². The molecule has 1 aromatic rings. The molecule has 0 unspecified atom stereocenters. The highest BCUT2D eigenvalue weighted by molar-refractivity contribution is 9.13. The minimum Gasteiger partial charge on any atom is -0.502 e. The van der Waals surface area contributed by atoms with Crippen molar-refractivity contribution in [2.75, 3.05) is 14.2 Å². The fourth-order valence-electron chi connectivity index (χ4n) is 2.03. The van der Waals surface area contributed by atoms with E-state index >= 15 is 0 Å². The van der Waals surface area contributed by atoms with Crippen LogP contribution in [0.5, 0.6) is 0 Å². The number of allylic oxidation sites excluding steroid dienone is 4.